The van der Waals surface area contributed by atoms with Crippen LogP contribution in [-0.2, 0) is 0 Å². The van der Waals surface area contributed by atoms with E-state index >= 15 is 0 Å². The molecule has 0 saturated heterocycles. The molecule has 3 aromatic carbocycles. The monoisotopic (exact) mass is 329 g/mol. The summed E-state index contributed by atoms with van der Waals surface area (Å²) in [5, 5.41) is 4.99. The summed E-state index contributed by atoms with van der Waals surface area (Å²) in [5.41, 5.74) is 1.90. The van der Waals surface area contributed by atoms with Gasteiger partial charge in [-0.2, -0.15) is 0 Å². The molecule has 0 aliphatic heterocycles. The first-order valence-electron chi connectivity index (χ1n) is 7.91. The first kappa shape index (κ1) is 15.1. The zero-order valence-corrected chi connectivity index (χ0v) is 13.6. The minimum atomic E-state index is -0.185. The number of hydrogen-bond donors (Lipinski definition) is 1. The molecule has 3 aromatic rings. The fourth-order valence-electron chi connectivity index (χ4n) is 3.11. The molecule has 0 aromatic heterocycles. The zero-order valence-electron chi connectivity index (χ0n) is 13.6. The summed E-state index contributed by atoms with van der Waals surface area (Å²) in [6, 6.07) is 18.3. The number of nitrogens with one attached hydrogen (secondary N) is 1. The maximum atomic E-state index is 12.7. The van der Waals surface area contributed by atoms with Crippen LogP contribution >= 0.6 is 0 Å². The van der Waals surface area contributed by atoms with Crippen LogP contribution in [0.25, 0.3) is 10.8 Å². The third-order valence-corrected chi connectivity index (χ3v) is 4.33. The van der Waals surface area contributed by atoms with Gasteiger partial charge in [-0.1, -0.05) is 48.5 Å². The maximum Gasteiger partial charge on any atom is 0.210 e. The lowest BCUT2D eigenvalue weighted by atomic mass is 9.92. The Labute approximate surface area is 144 Å². The summed E-state index contributed by atoms with van der Waals surface area (Å²) in [5.74, 6) is 0.400. The average Bonchev–Trinajstić information content (AvgIpc) is 2.66. The van der Waals surface area contributed by atoms with Gasteiger partial charge >= 0.3 is 0 Å². The van der Waals surface area contributed by atoms with Gasteiger partial charge in [-0.25, -0.2) is 0 Å². The molecule has 4 rings (SSSR count). The predicted octanol–water partition coefficient (Wildman–Crippen LogP) is 4.22. The van der Waals surface area contributed by atoms with E-state index in [0.717, 1.165) is 22.2 Å². The smallest absolute Gasteiger partial charge is 0.210 e. The maximum absolute atomic E-state index is 12.7. The summed E-state index contributed by atoms with van der Waals surface area (Å²) in [6.07, 6.45) is 1.36. The molecule has 0 bridgehead atoms. The molecule has 4 heteroatoms. The van der Waals surface area contributed by atoms with E-state index in [-0.39, 0.29) is 17.3 Å². The fourth-order valence-corrected chi connectivity index (χ4v) is 3.11. The number of ether oxygens (including phenoxy) is 1. The molecular weight excluding hydrogens is 314 g/mol. The van der Waals surface area contributed by atoms with Crippen LogP contribution in [0.3, 0.4) is 0 Å². The summed E-state index contributed by atoms with van der Waals surface area (Å²) in [7, 11) is 1.62. The molecule has 4 nitrogen and oxygen atoms in total. The van der Waals surface area contributed by atoms with Gasteiger partial charge < -0.3 is 10.1 Å². The summed E-state index contributed by atoms with van der Waals surface area (Å²) in [6.45, 7) is 0. The van der Waals surface area contributed by atoms with Crippen molar-refractivity contribution in [3.8, 4) is 5.75 Å². The van der Waals surface area contributed by atoms with Gasteiger partial charge in [0, 0.05) is 33.7 Å². The topological polar surface area (TPSA) is 55.4 Å². The lowest BCUT2D eigenvalue weighted by Gasteiger charge is -2.18. The Morgan fingerprint density at radius 1 is 0.800 bits per heavy atom. The van der Waals surface area contributed by atoms with E-state index in [0.29, 0.717) is 11.1 Å². The highest BCUT2D eigenvalue weighted by atomic mass is 16.5. The molecular formula is C21H15NO3. The van der Waals surface area contributed by atoms with E-state index in [4.69, 9.17) is 4.74 Å². The molecule has 0 amide bonds. The summed E-state index contributed by atoms with van der Waals surface area (Å²) < 4.78 is 5.39. The Balaban J connectivity index is 1.78. The lowest BCUT2D eigenvalue weighted by molar-refractivity contribution is 0.0985. The van der Waals surface area contributed by atoms with Gasteiger partial charge in [0.25, 0.3) is 0 Å². The molecule has 0 saturated carbocycles. The highest BCUT2D eigenvalue weighted by molar-refractivity contribution is 6.25. The number of rotatable bonds is 3. The van der Waals surface area contributed by atoms with Gasteiger partial charge in [-0.15, -0.1) is 0 Å². The molecule has 1 aliphatic rings. The van der Waals surface area contributed by atoms with Crippen molar-refractivity contribution in [1.29, 1.82) is 0 Å². The number of Topliss-reactive ketones (excluding diaryl/α,β-unsaturated/α-hetero) is 1. The van der Waals surface area contributed by atoms with Crippen LogP contribution in [0.1, 0.15) is 20.7 Å². The first-order valence-corrected chi connectivity index (χ1v) is 7.91. The number of hydrogen-bond acceptors (Lipinski definition) is 4. The quantitative estimate of drug-likeness (QED) is 0.781. The number of benzene rings is 3. The Kier molecular flexibility index (Phi) is 3.58. The van der Waals surface area contributed by atoms with Gasteiger partial charge in [-0.3, -0.25) is 9.59 Å². The Morgan fingerprint density at radius 3 is 2.24 bits per heavy atom. The molecule has 122 valence electrons. The third-order valence-electron chi connectivity index (χ3n) is 4.33. The van der Waals surface area contributed by atoms with Crippen molar-refractivity contribution in [3.63, 3.8) is 0 Å². The molecule has 0 heterocycles. The molecule has 0 atom stereocenters. The average molecular weight is 329 g/mol. The van der Waals surface area contributed by atoms with E-state index < -0.39 is 0 Å². The van der Waals surface area contributed by atoms with Crippen molar-refractivity contribution in [2.45, 2.75) is 0 Å². The van der Waals surface area contributed by atoms with Gasteiger partial charge in [0.1, 0.15) is 5.75 Å². The van der Waals surface area contributed by atoms with Crippen molar-refractivity contribution in [2.75, 3.05) is 12.4 Å². The van der Waals surface area contributed by atoms with Crippen LogP contribution in [-0.4, -0.2) is 18.7 Å². The Morgan fingerprint density at radius 2 is 1.48 bits per heavy atom. The molecule has 0 radical (unpaired) electrons. The molecule has 1 aliphatic carbocycles. The number of anilines is 1. The normalized spacial score (nSPS) is 13.4. The summed E-state index contributed by atoms with van der Waals surface area (Å²) >= 11 is 0. The predicted molar refractivity (Wildman–Crippen MR) is 97.3 cm³/mol. The van der Waals surface area contributed by atoms with Gasteiger partial charge in [0.2, 0.25) is 5.78 Å². The standard InChI is InChI=1S/C21H15NO3/c1-25-20-11-10-17(13-6-2-4-8-15(13)20)22-18-12-19(23)14-7-3-5-9-16(14)21(18)24/h2-12,22H,1H3. The minimum absolute atomic E-state index is 0.171. The van der Waals surface area contributed by atoms with Crippen LogP contribution in [0.2, 0.25) is 0 Å². The van der Waals surface area contributed by atoms with E-state index in [1.165, 1.54) is 6.08 Å². The third kappa shape index (κ3) is 2.48. The number of allylic oxidation sites excluding steroid dienone is 2. The largest absolute Gasteiger partial charge is 0.496 e. The minimum Gasteiger partial charge on any atom is -0.496 e. The molecule has 1 N–H and O–H groups in total. The second-order valence-corrected chi connectivity index (χ2v) is 5.78. The Bertz CT molecular complexity index is 1050. The van der Waals surface area contributed by atoms with E-state index in [1.54, 1.807) is 31.4 Å². The summed E-state index contributed by atoms with van der Waals surface area (Å²) in [4.78, 5) is 25.0. The highest BCUT2D eigenvalue weighted by Crippen LogP contribution is 2.33. The van der Waals surface area contributed by atoms with Crippen LogP contribution < -0.4 is 10.1 Å². The second-order valence-electron chi connectivity index (χ2n) is 5.78. The van der Waals surface area contributed by atoms with Crippen molar-refractivity contribution in [2.24, 2.45) is 0 Å². The highest BCUT2D eigenvalue weighted by Gasteiger charge is 2.25. The lowest BCUT2D eigenvalue weighted by Crippen LogP contribution is -2.21. The van der Waals surface area contributed by atoms with Crippen molar-refractivity contribution < 1.29 is 14.3 Å². The second kappa shape index (κ2) is 5.91. The number of ketones is 2. The van der Waals surface area contributed by atoms with Gasteiger partial charge in [-0.05, 0) is 12.1 Å². The Hall–Kier alpha value is -3.40. The molecule has 0 unspecified atom stereocenters. The number of carbonyl (C=O) groups is 2. The molecule has 25 heavy (non-hydrogen) atoms. The SMILES string of the molecule is COc1ccc(NC2=CC(=O)c3ccccc3C2=O)c2ccccc12. The zero-order chi connectivity index (χ0) is 17.4. The van der Waals surface area contributed by atoms with Crippen LogP contribution in [0.5, 0.6) is 5.75 Å². The molecule has 0 fully saturated rings. The van der Waals surface area contributed by atoms with E-state index in [1.807, 2.05) is 36.4 Å². The van der Waals surface area contributed by atoms with Crippen LogP contribution in [0, 0.1) is 0 Å². The van der Waals surface area contributed by atoms with Crippen molar-refractivity contribution in [3.05, 3.63) is 83.6 Å². The van der Waals surface area contributed by atoms with Crippen LogP contribution in [0.15, 0.2) is 72.4 Å². The van der Waals surface area contributed by atoms with Gasteiger partial charge in [0.15, 0.2) is 5.78 Å². The number of fused-ring (bicyclic) bond motifs is 2. The van der Waals surface area contributed by atoms with Crippen molar-refractivity contribution in [1.82, 2.24) is 0 Å². The number of methoxy groups -OCH3 is 1. The van der Waals surface area contributed by atoms with E-state index in [2.05, 4.69) is 5.32 Å². The molecule has 0 spiro atoms. The first-order chi connectivity index (χ1) is 12.2. The fraction of sp³-hybridized carbons (Fsp3) is 0.0476. The van der Waals surface area contributed by atoms with Crippen LogP contribution in [0.4, 0.5) is 5.69 Å². The van der Waals surface area contributed by atoms with E-state index in [9.17, 15) is 9.59 Å². The number of carbonyl (C=O) groups excluding carboxylic acids is 2. The van der Waals surface area contributed by atoms with Crippen molar-refractivity contribution >= 4 is 28.0 Å². The van der Waals surface area contributed by atoms with Gasteiger partial charge in [0.05, 0.1) is 12.8 Å².